The molecule has 1 atom stereocenters. The average Bonchev–Trinajstić information content (AvgIpc) is 2.37. The zero-order chi connectivity index (χ0) is 12.5. The van der Waals surface area contributed by atoms with Gasteiger partial charge in [0.25, 0.3) is 0 Å². The van der Waals surface area contributed by atoms with Gasteiger partial charge in [-0.25, -0.2) is 0 Å². The van der Waals surface area contributed by atoms with Gasteiger partial charge in [-0.05, 0) is 37.1 Å². The Morgan fingerprint density at radius 2 is 1.94 bits per heavy atom. The molecule has 0 aliphatic heterocycles. The molecule has 3 N–H and O–H groups in total. The molecular weight excluding hydrogens is 212 g/mol. The van der Waals surface area contributed by atoms with Crippen molar-refractivity contribution in [2.45, 2.75) is 39.2 Å². The predicted molar refractivity (Wildman–Crippen MR) is 73.6 cm³/mol. The largest absolute Gasteiger partial charge is 0.494 e. The lowest BCUT2D eigenvalue weighted by atomic mass is 10.2. The van der Waals surface area contributed by atoms with E-state index in [0.717, 1.165) is 43.9 Å². The minimum absolute atomic E-state index is 0.218. The third kappa shape index (κ3) is 5.59. The van der Waals surface area contributed by atoms with Crippen molar-refractivity contribution in [2.24, 2.45) is 5.73 Å². The van der Waals surface area contributed by atoms with E-state index in [1.165, 1.54) is 0 Å². The van der Waals surface area contributed by atoms with E-state index < -0.39 is 0 Å². The molecule has 0 saturated carbocycles. The Bertz CT molecular complexity index is 298. The number of unbranched alkanes of at least 4 members (excludes halogenated alkanes) is 1. The third-order valence-electron chi connectivity index (χ3n) is 2.71. The number of hydrogen-bond donors (Lipinski definition) is 2. The molecular formula is C14H24N2O. The van der Waals surface area contributed by atoms with Crippen LogP contribution >= 0.6 is 0 Å². The fraction of sp³-hybridized carbons (Fsp3) is 0.571. The van der Waals surface area contributed by atoms with Crippen LogP contribution in [0.3, 0.4) is 0 Å². The third-order valence-corrected chi connectivity index (χ3v) is 2.71. The van der Waals surface area contributed by atoms with Gasteiger partial charge in [0.05, 0.1) is 6.61 Å². The first-order valence-electron chi connectivity index (χ1n) is 6.48. The van der Waals surface area contributed by atoms with Gasteiger partial charge in [-0.2, -0.15) is 0 Å². The van der Waals surface area contributed by atoms with Crippen molar-refractivity contribution in [3.63, 3.8) is 0 Å². The predicted octanol–water partition coefficient (Wildman–Crippen LogP) is 3.01. The first-order valence-corrected chi connectivity index (χ1v) is 6.48. The number of anilines is 1. The fourth-order valence-electron chi connectivity index (χ4n) is 1.40. The average molecular weight is 236 g/mol. The van der Waals surface area contributed by atoms with E-state index in [-0.39, 0.29) is 6.04 Å². The van der Waals surface area contributed by atoms with E-state index in [1.807, 2.05) is 24.3 Å². The van der Waals surface area contributed by atoms with Crippen LogP contribution in [-0.4, -0.2) is 19.2 Å². The van der Waals surface area contributed by atoms with E-state index in [2.05, 4.69) is 19.2 Å². The van der Waals surface area contributed by atoms with Crippen molar-refractivity contribution in [1.29, 1.82) is 0 Å². The molecule has 0 spiro atoms. The van der Waals surface area contributed by atoms with E-state index in [4.69, 9.17) is 10.5 Å². The van der Waals surface area contributed by atoms with Gasteiger partial charge in [0.1, 0.15) is 5.75 Å². The molecule has 1 aromatic carbocycles. The molecule has 0 bridgehead atoms. The maximum Gasteiger partial charge on any atom is 0.119 e. The zero-order valence-corrected chi connectivity index (χ0v) is 10.9. The van der Waals surface area contributed by atoms with Gasteiger partial charge >= 0.3 is 0 Å². The Balaban J connectivity index is 2.34. The monoisotopic (exact) mass is 236 g/mol. The normalized spacial score (nSPS) is 12.2. The highest BCUT2D eigenvalue weighted by molar-refractivity contribution is 5.46. The second kappa shape index (κ2) is 7.96. The molecule has 3 heteroatoms. The van der Waals surface area contributed by atoms with Crippen molar-refractivity contribution >= 4 is 5.69 Å². The summed E-state index contributed by atoms with van der Waals surface area (Å²) >= 11 is 0. The molecule has 0 aliphatic carbocycles. The maximum absolute atomic E-state index is 5.84. The van der Waals surface area contributed by atoms with Gasteiger partial charge in [0.2, 0.25) is 0 Å². The summed E-state index contributed by atoms with van der Waals surface area (Å²) < 4.78 is 5.60. The zero-order valence-electron chi connectivity index (χ0n) is 10.9. The summed E-state index contributed by atoms with van der Waals surface area (Å²) in [7, 11) is 0. The lowest BCUT2D eigenvalue weighted by Crippen LogP contribution is -2.27. The van der Waals surface area contributed by atoms with Crippen LogP contribution in [-0.2, 0) is 0 Å². The van der Waals surface area contributed by atoms with E-state index >= 15 is 0 Å². The van der Waals surface area contributed by atoms with Gasteiger partial charge in [-0.1, -0.05) is 20.3 Å². The summed E-state index contributed by atoms with van der Waals surface area (Å²) in [6, 6.07) is 8.27. The van der Waals surface area contributed by atoms with Gasteiger partial charge in [0.15, 0.2) is 0 Å². The van der Waals surface area contributed by atoms with Gasteiger partial charge in [0, 0.05) is 18.3 Å². The summed E-state index contributed by atoms with van der Waals surface area (Å²) in [5.41, 5.74) is 6.94. The van der Waals surface area contributed by atoms with Crippen LogP contribution < -0.4 is 15.8 Å². The highest BCUT2D eigenvalue weighted by atomic mass is 16.5. The smallest absolute Gasteiger partial charge is 0.119 e. The maximum atomic E-state index is 5.84. The molecule has 0 heterocycles. The summed E-state index contributed by atoms with van der Waals surface area (Å²) in [5, 5.41) is 3.31. The standard InChI is InChI=1S/C14H24N2O/c1-3-5-10-17-14-8-6-13(7-9-14)16-11-12(15)4-2/h6-9,12,16H,3-5,10-11,15H2,1-2H3. The van der Waals surface area contributed by atoms with Gasteiger partial charge in [-0.3, -0.25) is 0 Å². The minimum Gasteiger partial charge on any atom is -0.494 e. The summed E-state index contributed by atoms with van der Waals surface area (Å²) in [5.74, 6) is 0.934. The molecule has 3 nitrogen and oxygen atoms in total. The molecule has 17 heavy (non-hydrogen) atoms. The second-order valence-electron chi connectivity index (χ2n) is 4.28. The molecule has 1 rings (SSSR count). The Hall–Kier alpha value is -1.22. The number of nitrogens with two attached hydrogens (primary N) is 1. The van der Waals surface area contributed by atoms with E-state index in [0.29, 0.717) is 0 Å². The van der Waals surface area contributed by atoms with Crippen LogP contribution in [0.25, 0.3) is 0 Å². The Labute approximate surface area is 104 Å². The molecule has 0 aliphatic rings. The lowest BCUT2D eigenvalue weighted by molar-refractivity contribution is 0.309. The molecule has 0 radical (unpaired) electrons. The van der Waals surface area contributed by atoms with Crippen molar-refractivity contribution < 1.29 is 4.74 Å². The van der Waals surface area contributed by atoms with Gasteiger partial charge < -0.3 is 15.8 Å². The summed E-state index contributed by atoms with van der Waals surface area (Å²) in [6.07, 6.45) is 3.26. The highest BCUT2D eigenvalue weighted by Crippen LogP contribution is 2.15. The van der Waals surface area contributed by atoms with Crippen LogP contribution in [0.4, 0.5) is 5.69 Å². The molecule has 96 valence electrons. The molecule has 0 amide bonds. The molecule has 1 unspecified atom stereocenters. The van der Waals surface area contributed by atoms with Crippen molar-refractivity contribution in [1.82, 2.24) is 0 Å². The van der Waals surface area contributed by atoms with Gasteiger partial charge in [-0.15, -0.1) is 0 Å². The molecule has 0 aromatic heterocycles. The van der Waals surface area contributed by atoms with Crippen LogP contribution in [0, 0.1) is 0 Å². The number of hydrogen-bond acceptors (Lipinski definition) is 3. The molecule has 0 fully saturated rings. The van der Waals surface area contributed by atoms with Crippen molar-refractivity contribution in [2.75, 3.05) is 18.5 Å². The van der Waals surface area contributed by atoms with E-state index in [9.17, 15) is 0 Å². The minimum atomic E-state index is 0.218. The van der Waals surface area contributed by atoms with Crippen LogP contribution in [0.1, 0.15) is 33.1 Å². The van der Waals surface area contributed by atoms with Crippen LogP contribution in [0.2, 0.25) is 0 Å². The van der Waals surface area contributed by atoms with Crippen LogP contribution in [0.15, 0.2) is 24.3 Å². The van der Waals surface area contributed by atoms with Crippen LogP contribution in [0.5, 0.6) is 5.75 Å². The number of benzene rings is 1. The Kier molecular flexibility index (Phi) is 6.48. The van der Waals surface area contributed by atoms with Crippen molar-refractivity contribution in [3.8, 4) is 5.75 Å². The number of nitrogens with one attached hydrogen (secondary N) is 1. The van der Waals surface area contributed by atoms with E-state index in [1.54, 1.807) is 0 Å². The molecule has 1 aromatic rings. The highest BCUT2D eigenvalue weighted by Gasteiger charge is 1.99. The number of ether oxygens (including phenoxy) is 1. The number of rotatable bonds is 8. The lowest BCUT2D eigenvalue weighted by Gasteiger charge is -2.12. The van der Waals surface area contributed by atoms with Crippen molar-refractivity contribution in [3.05, 3.63) is 24.3 Å². The quantitative estimate of drug-likeness (QED) is 0.682. The topological polar surface area (TPSA) is 47.3 Å². The SMILES string of the molecule is CCCCOc1ccc(NCC(N)CC)cc1. The Morgan fingerprint density at radius 1 is 1.24 bits per heavy atom. The summed E-state index contributed by atoms with van der Waals surface area (Å²) in [6.45, 7) is 5.86. The molecule has 0 saturated heterocycles. The fourth-order valence-corrected chi connectivity index (χ4v) is 1.40. The Morgan fingerprint density at radius 3 is 2.53 bits per heavy atom. The first-order chi connectivity index (χ1) is 8.26. The summed E-state index contributed by atoms with van der Waals surface area (Å²) in [4.78, 5) is 0. The first kappa shape index (κ1) is 13.8. The second-order valence-corrected chi connectivity index (χ2v) is 4.28.